The van der Waals surface area contributed by atoms with Crippen molar-refractivity contribution in [1.29, 1.82) is 0 Å². The summed E-state index contributed by atoms with van der Waals surface area (Å²) in [5.41, 5.74) is 1.60. The molecular weight excluding hydrogens is 352 g/mol. The van der Waals surface area contributed by atoms with Gasteiger partial charge in [-0.05, 0) is 43.3 Å². The van der Waals surface area contributed by atoms with Crippen molar-refractivity contribution in [3.63, 3.8) is 0 Å². The standard InChI is InChI=1S/C19H17ClN4O2/c1-12-21-17(19(25)23-13-7-9-14(26-2)10-8-13)11-18(22-12)24-16-6-4-3-5-15(16)20/h3-11H,1-2H3,(H,23,25)(H,21,22,24). The first-order valence-corrected chi connectivity index (χ1v) is 8.25. The van der Waals surface area contributed by atoms with Crippen LogP contribution in [0.25, 0.3) is 0 Å². The van der Waals surface area contributed by atoms with Crippen LogP contribution in [0.3, 0.4) is 0 Å². The average molecular weight is 369 g/mol. The summed E-state index contributed by atoms with van der Waals surface area (Å²) >= 11 is 6.15. The number of hydrogen-bond donors (Lipinski definition) is 2. The number of halogens is 1. The maximum absolute atomic E-state index is 12.5. The van der Waals surface area contributed by atoms with Crippen LogP contribution >= 0.6 is 11.6 Å². The highest BCUT2D eigenvalue weighted by Crippen LogP contribution is 2.24. The third-order valence-corrected chi connectivity index (χ3v) is 3.88. The van der Waals surface area contributed by atoms with Gasteiger partial charge in [-0.15, -0.1) is 0 Å². The topological polar surface area (TPSA) is 76.1 Å². The molecule has 1 heterocycles. The van der Waals surface area contributed by atoms with E-state index in [1.807, 2.05) is 18.2 Å². The van der Waals surface area contributed by atoms with E-state index in [0.717, 1.165) is 0 Å². The fourth-order valence-corrected chi connectivity index (χ4v) is 2.50. The van der Waals surface area contributed by atoms with Crippen LogP contribution in [0.1, 0.15) is 16.3 Å². The van der Waals surface area contributed by atoms with Crippen LogP contribution in [0, 0.1) is 6.92 Å². The maximum Gasteiger partial charge on any atom is 0.274 e. The summed E-state index contributed by atoms with van der Waals surface area (Å²) in [7, 11) is 1.59. The van der Waals surface area contributed by atoms with Crippen molar-refractivity contribution >= 4 is 34.7 Å². The van der Waals surface area contributed by atoms with E-state index in [0.29, 0.717) is 33.8 Å². The third-order valence-electron chi connectivity index (χ3n) is 3.56. The molecule has 0 fully saturated rings. The SMILES string of the molecule is COc1ccc(NC(=O)c2cc(Nc3ccccc3Cl)nc(C)n2)cc1. The van der Waals surface area contributed by atoms with Gasteiger partial charge in [0.15, 0.2) is 0 Å². The number of ether oxygens (including phenoxy) is 1. The van der Waals surface area contributed by atoms with Gasteiger partial charge in [-0.1, -0.05) is 23.7 Å². The minimum atomic E-state index is -0.331. The molecule has 0 atom stereocenters. The van der Waals surface area contributed by atoms with Gasteiger partial charge < -0.3 is 15.4 Å². The van der Waals surface area contributed by atoms with Gasteiger partial charge in [0.1, 0.15) is 23.1 Å². The lowest BCUT2D eigenvalue weighted by molar-refractivity contribution is 0.102. The molecule has 0 saturated heterocycles. The van der Waals surface area contributed by atoms with Crippen LogP contribution in [0.4, 0.5) is 17.2 Å². The van der Waals surface area contributed by atoms with Crippen LogP contribution in [0.15, 0.2) is 54.6 Å². The number of rotatable bonds is 5. The monoisotopic (exact) mass is 368 g/mol. The Morgan fingerprint density at radius 1 is 1.08 bits per heavy atom. The van der Waals surface area contributed by atoms with E-state index >= 15 is 0 Å². The van der Waals surface area contributed by atoms with Crippen molar-refractivity contribution in [2.45, 2.75) is 6.92 Å². The quantitative estimate of drug-likeness (QED) is 0.696. The van der Waals surface area contributed by atoms with E-state index in [2.05, 4.69) is 20.6 Å². The number of carbonyl (C=O) groups is 1. The number of methoxy groups -OCH3 is 1. The number of benzene rings is 2. The molecule has 3 aromatic rings. The minimum Gasteiger partial charge on any atom is -0.497 e. The zero-order chi connectivity index (χ0) is 18.5. The molecule has 132 valence electrons. The van der Waals surface area contributed by atoms with Crippen molar-refractivity contribution in [1.82, 2.24) is 9.97 Å². The van der Waals surface area contributed by atoms with Gasteiger partial charge in [0.05, 0.1) is 17.8 Å². The number of nitrogens with zero attached hydrogens (tertiary/aromatic N) is 2. The largest absolute Gasteiger partial charge is 0.497 e. The summed E-state index contributed by atoms with van der Waals surface area (Å²) in [6.45, 7) is 1.72. The zero-order valence-electron chi connectivity index (χ0n) is 14.3. The molecule has 0 bridgehead atoms. The number of aromatic nitrogens is 2. The predicted octanol–water partition coefficient (Wildman–Crippen LogP) is 4.44. The van der Waals surface area contributed by atoms with Crippen molar-refractivity contribution < 1.29 is 9.53 Å². The van der Waals surface area contributed by atoms with Gasteiger partial charge in [-0.3, -0.25) is 4.79 Å². The highest BCUT2D eigenvalue weighted by molar-refractivity contribution is 6.33. The summed E-state index contributed by atoms with van der Waals surface area (Å²) < 4.78 is 5.10. The smallest absolute Gasteiger partial charge is 0.274 e. The number of carbonyl (C=O) groups excluding carboxylic acids is 1. The van der Waals surface area contributed by atoms with Gasteiger partial charge in [0.25, 0.3) is 5.91 Å². The van der Waals surface area contributed by atoms with Gasteiger partial charge >= 0.3 is 0 Å². The molecule has 1 aromatic heterocycles. The number of hydrogen-bond acceptors (Lipinski definition) is 5. The van der Waals surface area contributed by atoms with Gasteiger partial charge in [-0.25, -0.2) is 9.97 Å². The van der Waals surface area contributed by atoms with Crippen LogP contribution in [-0.2, 0) is 0 Å². The second-order valence-electron chi connectivity index (χ2n) is 5.47. The molecule has 0 saturated carbocycles. The Kier molecular flexibility index (Phi) is 5.34. The van der Waals surface area contributed by atoms with Crippen molar-refractivity contribution in [3.8, 4) is 5.75 Å². The highest BCUT2D eigenvalue weighted by Gasteiger charge is 2.12. The second kappa shape index (κ2) is 7.84. The first-order chi connectivity index (χ1) is 12.5. The summed E-state index contributed by atoms with van der Waals surface area (Å²) in [5.74, 6) is 1.35. The third kappa shape index (κ3) is 4.29. The van der Waals surface area contributed by atoms with Gasteiger partial charge in [0, 0.05) is 11.8 Å². The van der Waals surface area contributed by atoms with Crippen LogP contribution in [0.5, 0.6) is 5.75 Å². The van der Waals surface area contributed by atoms with E-state index in [4.69, 9.17) is 16.3 Å². The lowest BCUT2D eigenvalue weighted by atomic mass is 10.2. The molecule has 6 nitrogen and oxygen atoms in total. The van der Waals surface area contributed by atoms with E-state index in [1.54, 1.807) is 50.4 Å². The molecule has 0 unspecified atom stereocenters. The average Bonchev–Trinajstić information content (AvgIpc) is 2.64. The Bertz CT molecular complexity index is 929. The number of aryl methyl sites for hydroxylation is 1. The number of nitrogens with one attached hydrogen (secondary N) is 2. The Balaban J connectivity index is 1.80. The lowest BCUT2D eigenvalue weighted by Crippen LogP contribution is -2.15. The Labute approximate surface area is 156 Å². The molecule has 0 radical (unpaired) electrons. The molecule has 7 heteroatoms. The highest BCUT2D eigenvalue weighted by atomic mass is 35.5. The second-order valence-corrected chi connectivity index (χ2v) is 5.88. The van der Waals surface area contributed by atoms with Gasteiger partial charge in [-0.2, -0.15) is 0 Å². The molecule has 0 aliphatic heterocycles. The summed E-state index contributed by atoms with van der Waals surface area (Å²) in [5, 5.41) is 6.47. The Hall–Kier alpha value is -3.12. The lowest BCUT2D eigenvalue weighted by Gasteiger charge is -2.10. The number of anilines is 3. The number of para-hydroxylation sites is 1. The van der Waals surface area contributed by atoms with Crippen LogP contribution < -0.4 is 15.4 Å². The van der Waals surface area contributed by atoms with E-state index in [-0.39, 0.29) is 11.6 Å². The molecule has 0 aliphatic rings. The summed E-state index contributed by atoms with van der Waals surface area (Å²) in [6.07, 6.45) is 0. The molecule has 2 N–H and O–H groups in total. The molecule has 0 aliphatic carbocycles. The molecule has 2 aromatic carbocycles. The van der Waals surface area contributed by atoms with Crippen molar-refractivity contribution in [2.24, 2.45) is 0 Å². The fraction of sp³-hybridized carbons (Fsp3) is 0.105. The van der Waals surface area contributed by atoms with Crippen LogP contribution in [0.2, 0.25) is 5.02 Å². The predicted molar refractivity (Wildman–Crippen MR) is 102 cm³/mol. The van der Waals surface area contributed by atoms with E-state index in [1.165, 1.54) is 0 Å². The molecule has 3 rings (SSSR count). The molecule has 1 amide bonds. The van der Waals surface area contributed by atoms with Crippen molar-refractivity contribution in [3.05, 3.63) is 71.1 Å². The Morgan fingerprint density at radius 2 is 1.81 bits per heavy atom. The van der Waals surface area contributed by atoms with Crippen LogP contribution in [-0.4, -0.2) is 23.0 Å². The zero-order valence-corrected chi connectivity index (χ0v) is 15.0. The Morgan fingerprint density at radius 3 is 2.50 bits per heavy atom. The first kappa shape index (κ1) is 17.7. The fourth-order valence-electron chi connectivity index (χ4n) is 2.32. The normalized spacial score (nSPS) is 10.3. The van der Waals surface area contributed by atoms with E-state index in [9.17, 15) is 4.79 Å². The maximum atomic E-state index is 12.5. The van der Waals surface area contributed by atoms with Crippen molar-refractivity contribution in [2.75, 3.05) is 17.7 Å². The minimum absolute atomic E-state index is 0.253. The van der Waals surface area contributed by atoms with Gasteiger partial charge in [0.2, 0.25) is 0 Å². The molecular formula is C19H17ClN4O2. The molecule has 26 heavy (non-hydrogen) atoms. The van der Waals surface area contributed by atoms with E-state index < -0.39 is 0 Å². The summed E-state index contributed by atoms with van der Waals surface area (Å²) in [6, 6.07) is 15.9. The number of amides is 1. The molecule has 0 spiro atoms. The summed E-state index contributed by atoms with van der Waals surface area (Å²) in [4.78, 5) is 21.0. The first-order valence-electron chi connectivity index (χ1n) is 7.88.